The number of likely N-dealkylation sites (tertiary alicyclic amines) is 1. The van der Waals surface area contributed by atoms with Gasteiger partial charge in [-0.1, -0.05) is 5.16 Å². The molecule has 26 heavy (non-hydrogen) atoms. The molecule has 0 aromatic carbocycles. The summed E-state index contributed by atoms with van der Waals surface area (Å²) in [6.07, 6.45) is 4.36. The summed E-state index contributed by atoms with van der Waals surface area (Å²) < 4.78 is 38.8. The fourth-order valence-corrected chi connectivity index (χ4v) is 5.57. The van der Waals surface area contributed by atoms with Crippen LogP contribution in [0.1, 0.15) is 25.0 Å². The number of aryl methyl sites for hydroxylation is 1. The molecule has 0 amide bonds. The van der Waals surface area contributed by atoms with Crippen LogP contribution in [-0.4, -0.2) is 73.2 Å². The van der Waals surface area contributed by atoms with E-state index >= 15 is 0 Å². The first-order valence-electron chi connectivity index (χ1n) is 8.98. The van der Waals surface area contributed by atoms with Gasteiger partial charge in [0.25, 0.3) is 5.71 Å². The van der Waals surface area contributed by atoms with Crippen LogP contribution in [0.25, 0.3) is 11.1 Å². The van der Waals surface area contributed by atoms with Gasteiger partial charge in [0.2, 0.25) is 10.0 Å². The molecule has 2 fully saturated rings. The van der Waals surface area contributed by atoms with Gasteiger partial charge in [-0.25, -0.2) is 13.4 Å². The van der Waals surface area contributed by atoms with E-state index in [2.05, 4.69) is 15.0 Å². The quantitative estimate of drug-likeness (QED) is 0.775. The number of aromatic nitrogens is 2. The van der Waals surface area contributed by atoms with E-state index in [0.29, 0.717) is 29.8 Å². The third-order valence-electron chi connectivity index (χ3n) is 5.42. The average Bonchev–Trinajstić information content (AvgIpc) is 3.36. The number of hydrogen-bond donors (Lipinski definition) is 0. The molecule has 2 aliphatic rings. The van der Waals surface area contributed by atoms with Crippen molar-refractivity contribution in [2.24, 2.45) is 0 Å². The van der Waals surface area contributed by atoms with Gasteiger partial charge in [0, 0.05) is 26.2 Å². The Balaban J connectivity index is 1.65. The van der Waals surface area contributed by atoms with Crippen LogP contribution in [0.4, 0.5) is 0 Å². The lowest BCUT2D eigenvalue weighted by atomic mass is 10.2. The molecule has 4 rings (SSSR count). The number of pyridine rings is 1. The topological polar surface area (TPSA) is 88.8 Å². The van der Waals surface area contributed by atoms with Crippen LogP contribution in [0.15, 0.2) is 21.7 Å². The first-order chi connectivity index (χ1) is 12.5. The molecule has 2 saturated heterocycles. The van der Waals surface area contributed by atoms with Crippen LogP contribution in [0.5, 0.6) is 0 Å². The zero-order valence-corrected chi connectivity index (χ0v) is 15.9. The molecular weight excluding hydrogens is 356 g/mol. The van der Waals surface area contributed by atoms with Crippen LogP contribution < -0.4 is 0 Å². The summed E-state index contributed by atoms with van der Waals surface area (Å²) >= 11 is 0. The zero-order valence-electron chi connectivity index (χ0n) is 15.1. The largest absolute Gasteiger partial charge is 0.380 e. The SMILES string of the molecule is CO[C@H]1C[C@@H](CN2CCCC2)N(S(=O)(=O)c2cnc3onc(C)c3c2)C1. The van der Waals surface area contributed by atoms with Crippen molar-refractivity contribution in [3.8, 4) is 0 Å². The maximum absolute atomic E-state index is 13.3. The van der Waals surface area contributed by atoms with Crippen LogP contribution in [0.2, 0.25) is 0 Å². The Bertz CT molecular complexity index is 891. The molecule has 2 aromatic heterocycles. The van der Waals surface area contributed by atoms with Gasteiger partial charge in [-0.2, -0.15) is 4.31 Å². The summed E-state index contributed by atoms with van der Waals surface area (Å²) in [5.41, 5.74) is 0.987. The van der Waals surface area contributed by atoms with E-state index in [9.17, 15) is 8.42 Å². The summed E-state index contributed by atoms with van der Waals surface area (Å²) in [5.74, 6) is 0. The fourth-order valence-electron chi connectivity index (χ4n) is 3.94. The Morgan fingerprint density at radius 2 is 2.12 bits per heavy atom. The highest BCUT2D eigenvalue weighted by atomic mass is 32.2. The van der Waals surface area contributed by atoms with Crippen molar-refractivity contribution in [1.82, 2.24) is 19.3 Å². The maximum Gasteiger partial charge on any atom is 0.257 e. The van der Waals surface area contributed by atoms with E-state index in [4.69, 9.17) is 9.26 Å². The molecule has 0 radical (unpaired) electrons. The van der Waals surface area contributed by atoms with Crippen LogP contribution in [-0.2, 0) is 14.8 Å². The average molecular weight is 380 g/mol. The fraction of sp³-hybridized carbons (Fsp3) is 0.647. The van der Waals surface area contributed by atoms with E-state index in [1.807, 2.05) is 0 Å². The second kappa shape index (κ2) is 6.88. The van der Waals surface area contributed by atoms with Crippen LogP contribution in [0, 0.1) is 6.92 Å². The molecule has 0 aliphatic carbocycles. The van der Waals surface area contributed by atoms with Gasteiger partial charge in [-0.05, 0) is 45.3 Å². The Morgan fingerprint density at radius 3 is 2.85 bits per heavy atom. The van der Waals surface area contributed by atoms with Crippen molar-refractivity contribution in [2.75, 3.05) is 33.3 Å². The first-order valence-corrected chi connectivity index (χ1v) is 10.4. The molecule has 0 N–H and O–H groups in total. The van der Waals surface area contributed by atoms with Gasteiger partial charge >= 0.3 is 0 Å². The lowest BCUT2D eigenvalue weighted by molar-refractivity contribution is 0.113. The van der Waals surface area contributed by atoms with Crippen molar-refractivity contribution in [2.45, 2.75) is 43.2 Å². The van der Waals surface area contributed by atoms with Gasteiger partial charge in [-0.3, -0.25) is 0 Å². The minimum Gasteiger partial charge on any atom is -0.380 e. The third kappa shape index (κ3) is 3.13. The summed E-state index contributed by atoms with van der Waals surface area (Å²) in [6.45, 7) is 4.97. The molecule has 0 bridgehead atoms. The summed E-state index contributed by atoms with van der Waals surface area (Å²) in [5, 5.41) is 4.48. The molecule has 9 heteroatoms. The second-order valence-electron chi connectivity index (χ2n) is 7.12. The number of hydrogen-bond acceptors (Lipinski definition) is 7. The minimum atomic E-state index is -3.66. The number of ether oxygens (including phenoxy) is 1. The van der Waals surface area contributed by atoms with Gasteiger partial charge < -0.3 is 14.2 Å². The van der Waals surface area contributed by atoms with Gasteiger partial charge in [-0.15, -0.1) is 0 Å². The van der Waals surface area contributed by atoms with Crippen molar-refractivity contribution in [1.29, 1.82) is 0 Å². The Morgan fingerprint density at radius 1 is 1.35 bits per heavy atom. The van der Waals surface area contributed by atoms with Crippen molar-refractivity contribution in [3.63, 3.8) is 0 Å². The van der Waals surface area contributed by atoms with E-state index in [1.165, 1.54) is 19.0 Å². The Hall–Kier alpha value is -1.55. The van der Waals surface area contributed by atoms with E-state index < -0.39 is 10.0 Å². The Kier molecular flexibility index (Phi) is 4.72. The molecule has 0 unspecified atom stereocenters. The predicted octanol–water partition coefficient (Wildman–Crippen LogP) is 1.41. The standard InChI is InChI=1S/C17H24N4O4S/c1-12-16-8-15(9-18-17(16)25-19-12)26(22,23)21-11-14(24-2)7-13(21)10-20-5-3-4-6-20/h8-9,13-14H,3-7,10-11H2,1-2H3/t13-,14-/m0/s1. The summed E-state index contributed by atoms with van der Waals surface area (Å²) in [6, 6.07) is 1.53. The maximum atomic E-state index is 13.3. The first kappa shape index (κ1) is 17.8. The number of sulfonamides is 1. The van der Waals surface area contributed by atoms with Crippen LogP contribution in [0.3, 0.4) is 0 Å². The van der Waals surface area contributed by atoms with Gasteiger partial charge in [0.15, 0.2) is 0 Å². The number of rotatable bonds is 5. The highest BCUT2D eigenvalue weighted by Gasteiger charge is 2.41. The molecule has 2 aromatic rings. The molecule has 142 valence electrons. The van der Waals surface area contributed by atoms with E-state index in [1.54, 1.807) is 24.4 Å². The summed E-state index contributed by atoms with van der Waals surface area (Å²) in [7, 11) is -2.02. The molecule has 2 atom stereocenters. The van der Waals surface area contributed by atoms with E-state index in [0.717, 1.165) is 19.6 Å². The highest BCUT2D eigenvalue weighted by molar-refractivity contribution is 7.89. The molecule has 4 heterocycles. The van der Waals surface area contributed by atoms with Crippen molar-refractivity contribution < 1.29 is 17.7 Å². The number of methoxy groups -OCH3 is 1. The lowest BCUT2D eigenvalue weighted by Gasteiger charge is -2.27. The monoisotopic (exact) mass is 380 g/mol. The molecule has 0 saturated carbocycles. The van der Waals surface area contributed by atoms with E-state index in [-0.39, 0.29) is 17.0 Å². The minimum absolute atomic E-state index is 0.0774. The van der Waals surface area contributed by atoms with Crippen molar-refractivity contribution >= 4 is 21.1 Å². The normalized spacial score (nSPS) is 25.5. The zero-order chi connectivity index (χ0) is 18.3. The van der Waals surface area contributed by atoms with Crippen molar-refractivity contribution in [3.05, 3.63) is 18.0 Å². The van der Waals surface area contributed by atoms with Gasteiger partial charge in [0.05, 0.1) is 23.4 Å². The predicted molar refractivity (Wildman–Crippen MR) is 95.3 cm³/mol. The van der Waals surface area contributed by atoms with Crippen LogP contribution >= 0.6 is 0 Å². The molecule has 2 aliphatic heterocycles. The number of nitrogens with zero attached hydrogens (tertiary/aromatic N) is 4. The third-order valence-corrected chi connectivity index (χ3v) is 7.30. The van der Waals surface area contributed by atoms with Gasteiger partial charge in [0.1, 0.15) is 4.90 Å². The molecular formula is C17H24N4O4S. The molecule has 0 spiro atoms. The second-order valence-corrected chi connectivity index (χ2v) is 9.01. The summed E-state index contributed by atoms with van der Waals surface area (Å²) in [4.78, 5) is 6.65. The Labute approximate surface area is 153 Å². The highest BCUT2D eigenvalue weighted by Crippen LogP contribution is 2.30. The lowest BCUT2D eigenvalue weighted by Crippen LogP contribution is -2.42. The number of fused-ring (bicyclic) bond motifs is 1. The smallest absolute Gasteiger partial charge is 0.257 e. The molecule has 8 nitrogen and oxygen atoms in total.